The molecule has 1 aliphatic rings. The molecule has 0 saturated heterocycles. The molecule has 1 atom stereocenters. The van der Waals surface area contributed by atoms with Crippen LogP contribution in [0, 0.1) is 11.3 Å². The quantitative estimate of drug-likeness (QED) is 0.627. The largest absolute Gasteiger partial charge is 0.300 e. The van der Waals surface area contributed by atoms with E-state index >= 15 is 0 Å². The highest BCUT2D eigenvalue weighted by Gasteiger charge is 2.30. The van der Waals surface area contributed by atoms with Crippen LogP contribution in [0.3, 0.4) is 0 Å². The van der Waals surface area contributed by atoms with Crippen LogP contribution in [0.4, 0.5) is 0 Å². The third-order valence-electron chi connectivity index (χ3n) is 2.66. The van der Waals surface area contributed by atoms with E-state index in [0.29, 0.717) is 6.42 Å². The number of rotatable bonds is 2. The molecule has 1 unspecified atom stereocenters. The second-order valence-corrected chi connectivity index (χ2v) is 3.89. The van der Waals surface area contributed by atoms with Crippen molar-refractivity contribution in [3.8, 4) is 0 Å². The van der Waals surface area contributed by atoms with Crippen LogP contribution in [0.5, 0.6) is 0 Å². The minimum absolute atomic E-state index is 0.0561. The van der Waals surface area contributed by atoms with Crippen LogP contribution in [-0.2, 0) is 4.79 Å². The Balaban J connectivity index is 3.33. The van der Waals surface area contributed by atoms with E-state index in [2.05, 4.69) is 0 Å². The van der Waals surface area contributed by atoms with Crippen molar-refractivity contribution in [3.05, 3.63) is 0 Å². The summed E-state index contributed by atoms with van der Waals surface area (Å²) >= 11 is 0. The molecule has 1 aliphatic carbocycles. The van der Waals surface area contributed by atoms with Crippen LogP contribution in [-0.4, -0.2) is 5.78 Å². The molecule has 0 bridgehead atoms. The van der Waals surface area contributed by atoms with Gasteiger partial charge in [-0.2, -0.15) is 0 Å². The molecule has 1 fully saturated rings. The summed E-state index contributed by atoms with van der Waals surface area (Å²) < 4.78 is 39.7. The van der Waals surface area contributed by atoms with Crippen molar-refractivity contribution in [1.82, 2.24) is 0 Å². The molecule has 0 aromatic carbocycles. The predicted octanol–water partition coefficient (Wildman–Crippen LogP) is 3.18. The molecule has 0 N–H and O–H groups in total. The van der Waals surface area contributed by atoms with Crippen LogP contribution in [0.15, 0.2) is 0 Å². The standard InChI is InChI=1S/C11H20O/c1-4-11(2,3)9-5-7-10(12)8-6-9/h9H,4-8H2,1-3H3/i5D2,7D2,9D. The lowest BCUT2D eigenvalue weighted by Crippen LogP contribution is -2.27. The Kier molecular flexibility index (Phi) is 1.43. The Morgan fingerprint density at radius 1 is 1.75 bits per heavy atom. The van der Waals surface area contributed by atoms with Gasteiger partial charge in [0.2, 0.25) is 0 Å². The number of carbonyl (C=O) groups excluding carboxylic acids is 1. The first-order chi connectivity index (χ1) is 7.44. The molecule has 70 valence electrons. The van der Waals surface area contributed by atoms with E-state index in [1.807, 2.05) is 6.92 Å². The molecule has 0 radical (unpaired) electrons. The normalized spacial score (nSPS) is 46.6. The van der Waals surface area contributed by atoms with Gasteiger partial charge < -0.3 is 0 Å². The Labute approximate surface area is 82.6 Å². The van der Waals surface area contributed by atoms with Crippen molar-refractivity contribution in [1.29, 1.82) is 0 Å². The van der Waals surface area contributed by atoms with E-state index in [-0.39, 0.29) is 12.8 Å². The zero-order chi connectivity index (χ0) is 13.7. The third kappa shape index (κ3) is 2.09. The fourth-order valence-electron chi connectivity index (χ4n) is 1.23. The van der Waals surface area contributed by atoms with Gasteiger partial charge in [-0.25, -0.2) is 0 Å². The van der Waals surface area contributed by atoms with Gasteiger partial charge in [-0.3, -0.25) is 4.79 Å². The SMILES string of the molecule is [2H]C1([2H])C(=O)CCC([2H])(C(C)(C)CC)C1([2H])[2H]. The topological polar surface area (TPSA) is 17.1 Å². The molecular weight excluding hydrogens is 148 g/mol. The molecule has 0 heterocycles. The molecule has 1 heteroatoms. The molecule has 1 nitrogen and oxygen atoms in total. The van der Waals surface area contributed by atoms with Crippen LogP contribution in [0.1, 0.15) is 59.6 Å². The molecule has 0 spiro atoms. The van der Waals surface area contributed by atoms with Gasteiger partial charge in [-0.1, -0.05) is 27.2 Å². The Hall–Kier alpha value is -0.330. The van der Waals surface area contributed by atoms with Crippen molar-refractivity contribution >= 4 is 5.78 Å². The van der Waals surface area contributed by atoms with Crippen molar-refractivity contribution in [2.45, 2.75) is 52.8 Å². The van der Waals surface area contributed by atoms with Crippen LogP contribution in [0.2, 0.25) is 0 Å². The van der Waals surface area contributed by atoms with Gasteiger partial charge >= 0.3 is 0 Å². The summed E-state index contributed by atoms with van der Waals surface area (Å²) in [4.78, 5) is 11.5. The van der Waals surface area contributed by atoms with Gasteiger partial charge in [-0.05, 0) is 24.1 Å². The Bertz CT molecular complexity index is 337. The fourth-order valence-corrected chi connectivity index (χ4v) is 1.23. The van der Waals surface area contributed by atoms with Gasteiger partial charge in [-0.15, -0.1) is 0 Å². The monoisotopic (exact) mass is 173 g/mol. The number of hydrogen-bond donors (Lipinski definition) is 0. The summed E-state index contributed by atoms with van der Waals surface area (Å²) in [6.45, 7) is 5.39. The Morgan fingerprint density at radius 3 is 3.00 bits per heavy atom. The Morgan fingerprint density at radius 2 is 2.42 bits per heavy atom. The van der Waals surface area contributed by atoms with Crippen molar-refractivity contribution in [2.24, 2.45) is 11.3 Å². The van der Waals surface area contributed by atoms with E-state index in [0.717, 1.165) is 0 Å². The zero-order valence-corrected chi connectivity index (χ0v) is 8.03. The number of ketones is 1. The van der Waals surface area contributed by atoms with Gasteiger partial charge in [0.1, 0.15) is 5.78 Å². The third-order valence-corrected chi connectivity index (χ3v) is 2.66. The first-order valence-corrected chi connectivity index (χ1v) is 4.47. The van der Waals surface area contributed by atoms with Crippen molar-refractivity contribution in [3.63, 3.8) is 0 Å². The van der Waals surface area contributed by atoms with Gasteiger partial charge in [0.15, 0.2) is 0 Å². The predicted molar refractivity (Wildman–Crippen MR) is 51.0 cm³/mol. The lowest BCUT2D eigenvalue weighted by atomic mass is 9.69. The lowest BCUT2D eigenvalue weighted by molar-refractivity contribution is -0.121. The summed E-state index contributed by atoms with van der Waals surface area (Å²) in [5.74, 6) is -2.30. The van der Waals surface area contributed by atoms with Crippen molar-refractivity contribution in [2.75, 3.05) is 0 Å². The van der Waals surface area contributed by atoms with E-state index in [1.54, 1.807) is 13.8 Å². The smallest absolute Gasteiger partial charge is 0.132 e. The summed E-state index contributed by atoms with van der Waals surface area (Å²) in [6.07, 6.45) is -4.44. The highest BCUT2D eigenvalue weighted by Crippen LogP contribution is 2.39. The molecule has 0 aromatic heterocycles. The maximum atomic E-state index is 11.5. The molecule has 0 amide bonds. The summed E-state index contributed by atoms with van der Waals surface area (Å²) in [7, 11) is 0. The average molecular weight is 173 g/mol. The number of carbonyl (C=O) groups is 1. The fraction of sp³-hybridized carbons (Fsp3) is 0.909. The highest BCUT2D eigenvalue weighted by molar-refractivity contribution is 5.79. The van der Waals surface area contributed by atoms with E-state index < -0.39 is 29.8 Å². The number of hydrogen-bond acceptors (Lipinski definition) is 1. The summed E-state index contributed by atoms with van der Waals surface area (Å²) in [5.41, 5.74) is -0.676. The molecule has 12 heavy (non-hydrogen) atoms. The van der Waals surface area contributed by atoms with Crippen LogP contribution >= 0.6 is 0 Å². The van der Waals surface area contributed by atoms with E-state index in [9.17, 15) is 4.79 Å². The molecule has 0 aromatic rings. The molecular formula is C11H20O. The minimum atomic E-state index is -2.57. The lowest BCUT2D eigenvalue weighted by Gasteiger charge is -2.35. The second kappa shape index (κ2) is 3.59. The van der Waals surface area contributed by atoms with Gasteiger partial charge in [0.25, 0.3) is 0 Å². The maximum absolute atomic E-state index is 11.5. The summed E-state index contributed by atoms with van der Waals surface area (Å²) in [6, 6.07) is 0. The maximum Gasteiger partial charge on any atom is 0.132 e. The van der Waals surface area contributed by atoms with Crippen molar-refractivity contribution < 1.29 is 11.6 Å². The highest BCUT2D eigenvalue weighted by atomic mass is 16.1. The molecule has 1 saturated carbocycles. The van der Waals surface area contributed by atoms with E-state index in [1.165, 1.54) is 0 Å². The molecule has 0 aliphatic heterocycles. The first kappa shape index (κ1) is 4.78. The minimum Gasteiger partial charge on any atom is -0.300 e. The second-order valence-electron chi connectivity index (χ2n) is 3.89. The first-order valence-electron chi connectivity index (χ1n) is 6.97. The number of Topliss-reactive ketones (excluding diaryl/α,β-unsaturated/α-hetero) is 1. The van der Waals surface area contributed by atoms with Crippen LogP contribution < -0.4 is 0 Å². The average Bonchev–Trinajstić information content (AvgIpc) is 2.22. The van der Waals surface area contributed by atoms with Crippen LogP contribution in [0.25, 0.3) is 0 Å². The summed E-state index contributed by atoms with van der Waals surface area (Å²) in [5, 5.41) is 0. The molecule has 1 rings (SSSR count). The zero-order valence-electron chi connectivity index (χ0n) is 13.0. The van der Waals surface area contributed by atoms with Gasteiger partial charge in [0, 0.05) is 19.6 Å². The van der Waals surface area contributed by atoms with E-state index in [4.69, 9.17) is 6.85 Å². The van der Waals surface area contributed by atoms with Gasteiger partial charge in [0.05, 0.1) is 0 Å².